The van der Waals surface area contributed by atoms with Gasteiger partial charge in [-0.1, -0.05) is 299 Å². The predicted octanol–water partition coefficient (Wildman–Crippen LogP) is 20.3. The van der Waals surface area contributed by atoms with Crippen molar-refractivity contribution in [2.75, 3.05) is 26.4 Å². The number of nitrogens with one attached hydrogen (secondary N) is 2. The third-order valence-electron chi connectivity index (χ3n) is 17.8. The van der Waals surface area contributed by atoms with E-state index in [-0.39, 0.29) is 82.0 Å². The van der Waals surface area contributed by atoms with Gasteiger partial charge in [-0.25, -0.2) is 9.59 Å². The van der Waals surface area contributed by atoms with E-state index in [1.54, 1.807) is 15.9 Å². The Morgan fingerprint density at radius 1 is 0.372 bits per heavy atom. The summed E-state index contributed by atoms with van der Waals surface area (Å²) in [5, 5.41) is 28.9. The molecular formula is C93H122N10O10. The van der Waals surface area contributed by atoms with Crippen molar-refractivity contribution in [1.29, 1.82) is 0 Å². The Kier molecular flexibility index (Phi) is 47.5. The van der Waals surface area contributed by atoms with Crippen LogP contribution in [0.1, 0.15) is 201 Å². The van der Waals surface area contributed by atoms with Crippen LogP contribution in [0.3, 0.4) is 0 Å². The lowest BCUT2D eigenvalue weighted by molar-refractivity contribution is -0.161. The van der Waals surface area contributed by atoms with Crippen LogP contribution in [0.25, 0.3) is 45.0 Å². The number of benzene rings is 4. The molecule has 0 aliphatic carbocycles. The molecule has 6 rings (SSSR count). The zero-order valence-electron chi connectivity index (χ0n) is 68.0. The largest absolute Gasteiger partial charge is 0.462 e. The molecule has 0 aliphatic heterocycles. The number of amides is 2. The number of ether oxygens (including phenoxy) is 4. The minimum absolute atomic E-state index is 0.0341. The summed E-state index contributed by atoms with van der Waals surface area (Å²) < 4.78 is 21.8. The average Bonchev–Trinajstić information content (AvgIpc) is 1.68. The average molecular weight is 1540 g/mol. The molecule has 2 heterocycles. The van der Waals surface area contributed by atoms with Gasteiger partial charge in [-0.05, 0) is 152 Å². The van der Waals surface area contributed by atoms with Crippen molar-refractivity contribution in [2.45, 2.75) is 215 Å². The summed E-state index contributed by atoms with van der Waals surface area (Å²) in [6, 6.07) is 29.8. The highest BCUT2D eigenvalue weighted by atomic mass is 16.6. The fraction of sp³-hybridized carbons (Fsp3) is 0.419. The molecule has 0 fully saturated rings. The van der Waals surface area contributed by atoms with E-state index in [0.29, 0.717) is 37.3 Å². The van der Waals surface area contributed by atoms with Gasteiger partial charge in [0.15, 0.2) is 0 Å². The summed E-state index contributed by atoms with van der Waals surface area (Å²) in [6.07, 6.45) is 63.0. The number of hydrogen-bond acceptors (Lipinski definition) is 16. The highest BCUT2D eigenvalue weighted by Gasteiger charge is 2.35. The van der Waals surface area contributed by atoms with Crippen LogP contribution in [0.15, 0.2) is 231 Å². The molecule has 0 saturated heterocycles. The summed E-state index contributed by atoms with van der Waals surface area (Å²) in [6.45, 7) is 16.2. The summed E-state index contributed by atoms with van der Waals surface area (Å²) >= 11 is 0. The Morgan fingerprint density at radius 3 is 1.04 bits per heavy atom. The molecule has 2 amide bonds. The van der Waals surface area contributed by atoms with Crippen molar-refractivity contribution < 1.29 is 47.7 Å². The van der Waals surface area contributed by atoms with E-state index in [9.17, 15) is 28.8 Å². The summed E-state index contributed by atoms with van der Waals surface area (Å²) in [5.41, 5.74) is 7.26. The van der Waals surface area contributed by atoms with Gasteiger partial charge in [0, 0.05) is 43.5 Å². The maximum atomic E-state index is 13.5. The minimum atomic E-state index is -0.803. The first-order valence-electron chi connectivity index (χ1n) is 40.4. The first kappa shape index (κ1) is 92.6. The molecule has 604 valence electrons. The second-order valence-electron chi connectivity index (χ2n) is 27.6. The number of H-pyrrole nitrogens is 2. The van der Waals surface area contributed by atoms with Crippen LogP contribution in [0, 0.1) is 11.8 Å². The molecule has 2 N–H and O–H groups in total. The first-order valence-corrected chi connectivity index (χ1v) is 40.4. The lowest BCUT2D eigenvalue weighted by Crippen LogP contribution is -2.48. The smallest absolute Gasteiger partial charge is 0.329 e. The molecular weight excluding hydrogens is 1420 g/mol. The summed E-state index contributed by atoms with van der Waals surface area (Å²) in [4.78, 5) is 81.9. The molecule has 2 aromatic heterocycles. The summed E-state index contributed by atoms with van der Waals surface area (Å²) in [5.74, 6) is -1.37. The van der Waals surface area contributed by atoms with Gasteiger partial charge in [0.1, 0.15) is 38.5 Å². The van der Waals surface area contributed by atoms with E-state index in [1.165, 1.54) is 0 Å². The number of tetrazole rings is 2. The molecule has 0 unspecified atom stereocenters. The zero-order chi connectivity index (χ0) is 81.1. The minimum Gasteiger partial charge on any atom is -0.462 e. The van der Waals surface area contributed by atoms with Gasteiger partial charge in [-0.15, -0.1) is 20.4 Å². The topological polar surface area (TPSA) is 255 Å². The number of carbonyl (C=O) groups is 6. The number of aromatic amines is 2. The summed E-state index contributed by atoms with van der Waals surface area (Å²) in [7, 11) is 0. The molecule has 20 heteroatoms. The number of rotatable bonds is 52. The number of aromatic nitrogens is 8. The molecule has 0 saturated carbocycles. The fourth-order valence-corrected chi connectivity index (χ4v) is 11.9. The van der Waals surface area contributed by atoms with Gasteiger partial charge in [-0.2, -0.15) is 10.4 Å². The van der Waals surface area contributed by atoms with Gasteiger partial charge in [-0.3, -0.25) is 19.2 Å². The van der Waals surface area contributed by atoms with Crippen molar-refractivity contribution in [3.05, 3.63) is 242 Å². The van der Waals surface area contributed by atoms with Gasteiger partial charge in [0.2, 0.25) is 23.5 Å². The second-order valence-corrected chi connectivity index (χ2v) is 27.6. The van der Waals surface area contributed by atoms with Crippen LogP contribution >= 0.6 is 0 Å². The molecule has 20 nitrogen and oxygen atoms in total. The standard InChI is InChI=1S/C47H61N5O5.C46H61N5O5/c1-5-7-9-10-11-12-13-14-15-16-17-18-19-20-21-22-23-24-30-44(54)56-35-36-57-47(55)45(38(3)4)52(43(53)29-8-6-2)37-39-31-33-40(34-32-39)41-27-25-26-28-42(41)46-48-50-51-49-46;1-5-7-9-10-11-12-13-14-15-16-17-18-19-20-21-22-23-29-43(53)55-34-35-56-46(54)44(37(3)4)51(42(52)28-8-6-2)36-38-30-32-39(33-31-38)40-26-24-25-27-41(40)45-47-49-50-48-45/h7,9,11-12,14-15,17-18,20-21,23-28,31-34,38,45H,5-6,8,10,13,16,19,22,29-30,35-37H2,1-4H3,(H,48,49,50,51);7,9,11-12,14-15,17-18,20-21,24-27,30-33,37,44H,5-6,8,10,13,16,19,22-23,28-29,34-36H2,1-4H3,(H,47,48,49,50)/b9-7-,12-11-,15-14-,18-17-,21-20-,24-23-;9-7-,12-11-,15-14-,18-17-,21-20-/t45-;44-/m00/s1. The van der Waals surface area contributed by atoms with Crippen LogP contribution < -0.4 is 0 Å². The SMILES string of the molecule is CC/C=C\C/C=C\C/C=C\C/C=C\C/C=C\C/C=C\CC(=O)OCCOC(=O)[C@H](C(C)C)N(Cc1ccc(-c2ccccc2-c2nn[nH]n2)cc1)C(=O)CCCC.CC/C=C\C/C=C\C/C=C\C/C=C\C/C=C\CCCC(=O)OCCOC(=O)[C@H](C(C)C)N(Cc1ccc(-c2ccccc2-c2nn[nH]n2)cc1)C(=O)CCCC. The molecule has 6 aromatic rings. The number of carbonyl (C=O) groups excluding carboxylic acids is 6. The highest BCUT2D eigenvalue weighted by molar-refractivity contribution is 5.86. The van der Waals surface area contributed by atoms with E-state index < -0.39 is 30.0 Å². The quantitative estimate of drug-likeness (QED) is 0.0156. The van der Waals surface area contributed by atoms with E-state index in [4.69, 9.17) is 18.9 Å². The predicted molar refractivity (Wildman–Crippen MR) is 452 cm³/mol. The molecule has 0 radical (unpaired) electrons. The molecule has 0 bridgehead atoms. The highest BCUT2D eigenvalue weighted by Crippen LogP contribution is 2.33. The van der Waals surface area contributed by atoms with Crippen LogP contribution in [0.5, 0.6) is 0 Å². The normalized spacial score (nSPS) is 12.6. The molecule has 4 aromatic carbocycles. The molecule has 2 atom stereocenters. The third kappa shape index (κ3) is 37.7. The first-order chi connectivity index (χ1) is 55.2. The van der Waals surface area contributed by atoms with E-state index in [1.807, 2.05) is 145 Å². The maximum absolute atomic E-state index is 13.5. The van der Waals surface area contributed by atoms with E-state index in [2.05, 4.69) is 177 Å². The lowest BCUT2D eigenvalue weighted by atomic mass is 9.97. The van der Waals surface area contributed by atoms with Crippen LogP contribution in [0.2, 0.25) is 0 Å². The second kappa shape index (κ2) is 57.9. The Bertz CT molecular complexity index is 4030. The van der Waals surface area contributed by atoms with Crippen molar-refractivity contribution in [2.24, 2.45) is 11.8 Å². The van der Waals surface area contributed by atoms with Crippen LogP contribution in [-0.2, 0) is 60.8 Å². The zero-order valence-corrected chi connectivity index (χ0v) is 68.0. The number of hydrogen-bond donors (Lipinski definition) is 2. The van der Waals surface area contributed by atoms with Crippen molar-refractivity contribution in [3.8, 4) is 45.0 Å². The Balaban J connectivity index is 0.000000404. The third-order valence-corrected chi connectivity index (χ3v) is 17.8. The number of nitrogens with zero attached hydrogens (tertiary/aromatic N) is 8. The van der Waals surface area contributed by atoms with E-state index >= 15 is 0 Å². The molecule has 0 aliphatic rings. The Hall–Kier alpha value is -11.0. The number of allylic oxidation sites excluding steroid dienone is 21. The molecule has 0 spiro atoms. The maximum Gasteiger partial charge on any atom is 0.329 e. The van der Waals surface area contributed by atoms with Gasteiger partial charge < -0.3 is 28.7 Å². The number of esters is 4. The Morgan fingerprint density at radius 2 is 0.699 bits per heavy atom. The van der Waals surface area contributed by atoms with Gasteiger partial charge in [0.25, 0.3) is 0 Å². The number of unbranched alkanes of at least 4 members (excludes halogenated alkanes) is 3. The molecule has 113 heavy (non-hydrogen) atoms. The Labute approximate surface area is 671 Å². The van der Waals surface area contributed by atoms with Crippen molar-refractivity contribution >= 4 is 35.7 Å². The van der Waals surface area contributed by atoms with E-state index in [0.717, 1.165) is 141 Å². The fourth-order valence-electron chi connectivity index (χ4n) is 11.9. The van der Waals surface area contributed by atoms with Crippen LogP contribution in [-0.4, -0.2) is 125 Å². The van der Waals surface area contributed by atoms with Gasteiger partial charge in [0.05, 0.1) is 6.42 Å². The lowest BCUT2D eigenvalue weighted by Gasteiger charge is -2.33. The van der Waals surface area contributed by atoms with Gasteiger partial charge >= 0.3 is 23.9 Å². The monoisotopic (exact) mass is 1540 g/mol. The van der Waals surface area contributed by atoms with Crippen molar-refractivity contribution in [1.82, 2.24) is 51.0 Å². The van der Waals surface area contributed by atoms with Crippen LogP contribution in [0.4, 0.5) is 0 Å². The van der Waals surface area contributed by atoms with Crippen molar-refractivity contribution in [3.63, 3.8) is 0 Å².